The second-order valence-electron chi connectivity index (χ2n) is 4.85. The van der Waals surface area contributed by atoms with Crippen LogP contribution in [-0.4, -0.2) is 10.4 Å². The van der Waals surface area contributed by atoms with Gasteiger partial charge >= 0.3 is 0 Å². The quantitative estimate of drug-likeness (QED) is 0.323. The van der Waals surface area contributed by atoms with Crippen molar-refractivity contribution in [3.05, 3.63) is 62.0 Å². The number of ketones is 1. The van der Waals surface area contributed by atoms with Gasteiger partial charge < -0.3 is 4.57 Å². The molecule has 3 nitrogen and oxygen atoms in total. The highest BCUT2D eigenvalue weighted by atomic mass is 79.9. The van der Waals surface area contributed by atoms with Crippen LogP contribution in [0.4, 0.5) is 0 Å². The molecule has 0 fully saturated rings. The maximum atomic E-state index is 12.6. The Balaban J connectivity index is 2.42. The largest absolute Gasteiger partial charge is 0.345 e. The lowest BCUT2D eigenvalue weighted by atomic mass is 10.0. The van der Waals surface area contributed by atoms with Crippen molar-refractivity contribution in [1.29, 1.82) is 5.26 Å². The van der Waals surface area contributed by atoms with Crippen LogP contribution in [0.1, 0.15) is 26.6 Å². The SMILES string of the molecule is C=CCn1c(C)cc(C(=O)/C(C#N)=C/c2cc(Br)cs2)c1C. The van der Waals surface area contributed by atoms with Gasteiger partial charge in [0.25, 0.3) is 0 Å². The van der Waals surface area contributed by atoms with Crippen molar-refractivity contribution < 1.29 is 4.79 Å². The van der Waals surface area contributed by atoms with Crippen LogP contribution in [0.3, 0.4) is 0 Å². The van der Waals surface area contributed by atoms with Crippen LogP contribution in [-0.2, 0) is 6.54 Å². The fourth-order valence-corrected chi connectivity index (χ4v) is 3.66. The molecule has 0 unspecified atom stereocenters. The summed E-state index contributed by atoms with van der Waals surface area (Å²) < 4.78 is 2.95. The fourth-order valence-electron chi connectivity index (χ4n) is 2.28. The van der Waals surface area contributed by atoms with E-state index in [0.29, 0.717) is 12.1 Å². The van der Waals surface area contributed by atoms with Crippen LogP contribution in [0.25, 0.3) is 6.08 Å². The van der Waals surface area contributed by atoms with Gasteiger partial charge in [-0.25, -0.2) is 0 Å². The Bertz CT molecular complexity index is 805. The van der Waals surface area contributed by atoms with Gasteiger partial charge in [0.15, 0.2) is 0 Å². The zero-order valence-electron chi connectivity index (χ0n) is 12.4. The lowest BCUT2D eigenvalue weighted by molar-refractivity contribution is 0.103. The van der Waals surface area contributed by atoms with Crippen molar-refractivity contribution in [3.8, 4) is 6.07 Å². The number of rotatable bonds is 5. The minimum atomic E-state index is -0.240. The average molecular weight is 375 g/mol. The second kappa shape index (κ2) is 6.91. The molecule has 0 aliphatic heterocycles. The average Bonchev–Trinajstić information content (AvgIpc) is 3.02. The van der Waals surface area contributed by atoms with Crippen molar-refractivity contribution in [2.75, 3.05) is 0 Å². The van der Waals surface area contributed by atoms with E-state index < -0.39 is 0 Å². The summed E-state index contributed by atoms with van der Waals surface area (Å²) in [6, 6.07) is 5.73. The molecule has 112 valence electrons. The van der Waals surface area contributed by atoms with E-state index in [1.165, 1.54) is 11.3 Å². The number of nitrogens with zero attached hydrogens (tertiary/aromatic N) is 2. The van der Waals surface area contributed by atoms with Crippen LogP contribution in [0.15, 0.2) is 40.2 Å². The number of nitriles is 1. The number of halogens is 1. The molecule has 2 rings (SSSR count). The molecule has 0 aliphatic rings. The van der Waals surface area contributed by atoms with Crippen LogP contribution >= 0.6 is 27.3 Å². The Kier molecular flexibility index (Phi) is 5.17. The zero-order chi connectivity index (χ0) is 16.3. The summed E-state index contributed by atoms with van der Waals surface area (Å²) in [5.74, 6) is -0.240. The molecular weight excluding hydrogens is 360 g/mol. The van der Waals surface area contributed by atoms with Crippen LogP contribution in [0, 0.1) is 25.2 Å². The lowest BCUT2D eigenvalue weighted by Crippen LogP contribution is -2.05. The summed E-state index contributed by atoms with van der Waals surface area (Å²) in [6.45, 7) is 8.21. The van der Waals surface area contributed by atoms with E-state index in [1.54, 1.807) is 12.2 Å². The van der Waals surface area contributed by atoms with Gasteiger partial charge in [-0.15, -0.1) is 17.9 Å². The number of aryl methyl sites for hydroxylation is 1. The Morgan fingerprint density at radius 3 is 2.77 bits per heavy atom. The lowest BCUT2D eigenvalue weighted by Gasteiger charge is -2.05. The highest BCUT2D eigenvalue weighted by molar-refractivity contribution is 9.10. The summed E-state index contributed by atoms with van der Waals surface area (Å²) in [5, 5.41) is 11.2. The fraction of sp³-hybridized carbons (Fsp3) is 0.176. The number of hydrogen-bond donors (Lipinski definition) is 0. The predicted molar refractivity (Wildman–Crippen MR) is 94.0 cm³/mol. The van der Waals surface area contributed by atoms with Crippen LogP contribution in [0.2, 0.25) is 0 Å². The number of hydrogen-bond acceptors (Lipinski definition) is 3. The predicted octanol–water partition coefficient (Wildman–Crippen LogP) is 4.90. The summed E-state index contributed by atoms with van der Waals surface area (Å²) >= 11 is 4.85. The van der Waals surface area contributed by atoms with Crippen molar-refractivity contribution in [1.82, 2.24) is 4.57 Å². The minimum Gasteiger partial charge on any atom is -0.345 e. The number of carbonyl (C=O) groups excluding carboxylic acids is 1. The van der Waals surface area contributed by atoms with Crippen molar-refractivity contribution in [3.63, 3.8) is 0 Å². The summed E-state index contributed by atoms with van der Waals surface area (Å²) in [5.41, 5.74) is 2.56. The smallest absolute Gasteiger partial charge is 0.205 e. The van der Waals surface area contributed by atoms with E-state index in [-0.39, 0.29) is 11.4 Å². The van der Waals surface area contributed by atoms with Gasteiger partial charge in [-0.1, -0.05) is 6.08 Å². The molecule has 22 heavy (non-hydrogen) atoms. The molecule has 0 atom stereocenters. The van der Waals surface area contributed by atoms with Gasteiger partial charge in [-0.2, -0.15) is 5.26 Å². The molecule has 0 aromatic carbocycles. The number of carbonyl (C=O) groups is 1. The van der Waals surface area contributed by atoms with Gasteiger partial charge in [0.2, 0.25) is 5.78 Å². The molecule has 0 aliphatic carbocycles. The maximum Gasteiger partial charge on any atom is 0.205 e. The highest BCUT2D eigenvalue weighted by Gasteiger charge is 2.19. The summed E-state index contributed by atoms with van der Waals surface area (Å²) in [7, 11) is 0. The van der Waals surface area contributed by atoms with E-state index in [4.69, 9.17) is 0 Å². The van der Waals surface area contributed by atoms with E-state index in [1.807, 2.05) is 42.0 Å². The Morgan fingerprint density at radius 2 is 2.23 bits per heavy atom. The summed E-state index contributed by atoms with van der Waals surface area (Å²) in [6.07, 6.45) is 3.43. The number of Topliss-reactive ketones (excluding diaryl/α,β-unsaturated/α-hetero) is 1. The van der Waals surface area contributed by atoms with E-state index >= 15 is 0 Å². The molecule has 5 heteroatoms. The normalized spacial score (nSPS) is 11.3. The molecular formula is C17H15BrN2OS. The van der Waals surface area contributed by atoms with Gasteiger partial charge in [0, 0.05) is 38.2 Å². The molecule has 2 aromatic heterocycles. The Morgan fingerprint density at radius 1 is 1.50 bits per heavy atom. The molecule has 0 spiro atoms. The third-order valence-electron chi connectivity index (χ3n) is 3.37. The molecule has 0 N–H and O–H groups in total. The van der Waals surface area contributed by atoms with E-state index in [2.05, 4.69) is 22.5 Å². The van der Waals surface area contributed by atoms with Gasteiger partial charge in [-0.3, -0.25) is 4.79 Å². The molecule has 0 saturated carbocycles. The number of allylic oxidation sites excluding steroid dienone is 2. The first-order valence-corrected chi connectivity index (χ1v) is 8.33. The minimum absolute atomic E-state index is 0.146. The Hall–Kier alpha value is -1.90. The van der Waals surface area contributed by atoms with Gasteiger partial charge in [0.05, 0.1) is 0 Å². The third-order valence-corrected chi connectivity index (χ3v) is 5.01. The van der Waals surface area contributed by atoms with Gasteiger partial charge in [0.1, 0.15) is 11.6 Å². The molecule has 0 saturated heterocycles. The van der Waals surface area contributed by atoms with Crippen molar-refractivity contribution in [2.24, 2.45) is 0 Å². The first-order chi connectivity index (χ1) is 10.5. The Labute approximate surface area is 142 Å². The van der Waals surface area contributed by atoms with Crippen LogP contribution < -0.4 is 0 Å². The molecule has 2 heterocycles. The third kappa shape index (κ3) is 3.29. The zero-order valence-corrected chi connectivity index (χ0v) is 14.8. The molecule has 2 aromatic rings. The monoisotopic (exact) mass is 374 g/mol. The molecule has 0 amide bonds. The first-order valence-electron chi connectivity index (χ1n) is 6.66. The first kappa shape index (κ1) is 16.5. The van der Waals surface area contributed by atoms with Crippen molar-refractivity contribution >= 4 is 39.1 Å². The molecule has 0 bridgehead atoms. The molecule has 0 radical (unpaired) electrons. The van der Waals surface area contributed by atoms with Crippen molar-refractivity contribution in [2.45, 2.75) is 20.4 Å². The number of thiophene rings is 1. The topological polar surface area (TPSA) is 45.8 Å². The standard InChI is InChI=1S/C17H15BrN2OS/c1-4-5-20-11(2)6-16(12(20)3)17(21)13(9-19)7-15-8-14(18)10-22-15/h4,6-8,10H,1,5H2,2-3H3/b13-7+. The second-order valence-corrected chi connectivity index (χ2v) is 6.71. The van der Waals surface area contributed by atoms with Crippen LogP contribution in [0.5, 0.6) is 0 Å². The number of aromatic nitrogens is 1. The highest BCUT2D eigenvalue weighted by Crippen LogP contribution is 2.24. The maximum absolute atomic E-state index is 12.6. The van der Waals surface area contributed by atoms with Gasteiger partial charge in [-0.05, 0) is 48.0 Å². The van der Waals surface area contributed by atoms with E-state index in [9.17, 15) is 10.1 Å². The van der Waals surface area contributed by atoms with E-state index in [0.717, 1.165) is 20.7 Å². The summed E-state index contributed by atoms with van der Waals surface area (Å²) in [4.78, 5) is 13.5.